The Bertz CT molecular complexity index is 745. The van der Waals surface area contributed by atoms with Crippen molar-refractivity contribution in [3.8, 4) is 0 Å². The highest BCUT2D eigenvalue weighted by Crippen LogP contribution is 2.07. The second kappa shape index (κ2) is 15.6. The average Bonchev–Trinajstić information content (AvgIpc) is 2.73. The maximum atomic E-state index is 12.9. The van der Waals surface area contributed by atoms with Crippen molar-refractivity contribution in [3.05, 3.63) is 0 Å². The fraction of sp³-hybridized carbons (Fsp3) is 0.700. The third-order valence-electron chi connectivity index (χ3n) is 4.72. The number of nitrogens with one attached hydrogen (secondary N) is 4. The number of hydrogen-bond donors (Lipinski definition) is 8. The fourth-order valence-corrected chi connectivity index (χ4v) is 2.79. The molecule has 4 amide bonds. The highest BCUT2D eigenvalue weighted by Gasteiger charge is 2.31. The first kappa shape index (κ1) is 30.7. The van der Waals surface area contributed by atoms with Gasteiger partial charge < -0.3 is 42.9 Å². The number of aliphatic carboxylic acids is 2. The summed E-state index contributed by atoms with van der Waals surface area (Å²) in [6.07, 6.45) is 0.624. The van der Waals surface area contributed by atoms with E-state index in [0.717, 1.165) is 0 Å². The van der Waals surface area contributed by atoms with E-state index in [-0.39, 0.29) is 6.42 Å². The predicted octanol–water partition coefficient (Wildman–Crippen LogP) is -2.75. The van der Waals surface area contributed by atoms with E-state index >= 15 is 0 Å². The Balaban J connectivity index is 5.33. The molecular weight excluding hydrogens is 452 g/mol. The first-order chi connectivity index (χ1) is 15.8. The second-order valence-corrected chi connectivity index (χ2v) is 8.12. The SMILES string of the molecule is CC(NC(=O)C(CCCCN)NC(=O)C(NC(=O)C(N)CC(=O)O)C(C)C)C(=O)NCC(=O)O. The summed E-state index contributed by atoms with van der Waals surface area (Å²) in [5.74, 6) is -5.86. The van der Waals surface area contributed by atoms with Gasteiger partial charge >= 0.3 is 11.9 Å². The second-order valence-electron chi connectivity index (χ2n) is 8.12. The number of hydrogen-bond acceptors (Lipinski definition) is 8. The lowest BCUT2D eigenvalue weighted by atomic mass is 10.0. The Morgan fingerprint density at radius 1 is 0.794 bits per heavy atom. The van der Waals surface area contributed by atoms with E-state index in [4.69, 9.17) is 21.7 Å². The van der Waals surface area contributed by atoms with Crippen molar-refractivity contribution in [1.29, 1.82) is 0 Å². The molecule has 0 aliphatic carbocycles. The van der Waals surface area contributed by atoms with Gasteiger partial charge in [-0.15, -0.1) is 0 Å². The molecule has 0 heterocycles. The molecule has 4 unspecified atom stereocenters. The zero-order chi connectivity index (χ0) is 26.4. The molecule has 0 aromatic carbocycles. The van der Waals surface area contributed by atoms with Crippen LogP contribution in [0.15, 0.2) is 0 Å². The largest absolute Gasteiger partial charge is 0.481 e. The van der Waals surface area contributed by atoms with Gasteiger partial charge in [0.15, 0.2) is 0 Å². The van der Waals surface area contributed by atoms with Crippen LogP contribution in [0.4, 0.5) is 0 Å². The van der Waals surface area contributed by atoms with Gasteiger partial charge in [0.05, 0.1) is 12.5 Å². The van der Waals surface area contributed by atoms with Crippen LogP contribution in [0.25, 0.3) is 0 Å². The number of nitrogens with two attached hydrogens (primary N) is 2. The molecule has 0 aliphatic heterocycles. The van der Waals surface area contributed by atoms with Crippen molar-refractivity contribution in [1.82, 2.24) is 21.3 Å². The number of amides is 4. The minimum atomic E-state index is -1.36. The number of carboxylic acids is 2. The van der Waals surface area contributed by atoms with Crippen molar-refractivity contribution in [2.45, 2.75) is 70.6 Å². The lowest BCUT2D eigenvalue weighted by Crippen LogP contribution is -2.58. The fourth-order valence-electron chi connectivity index (χ4n) is 2.79. The maximum Gasteiger partial charge on any atom is 0.322 e. The normalized spacial score (nSPS) is 14.3. The summed E-state index contributed by atoms with van der Waals surface area (Å²) in [5.41, 5.74) is 11.0. The van der Waals surface area contributed by atoms with E-state index < -0.39 is 78.6 Å². The topological polar surface area (TPSA) is 243 Å². The van der Waals surface area contributed by atoms with Crippen molar-refractivity contribution in [2.75, 3.05) is 13.1 Å². The van der Waals surface area contributed by atoms with Gasteiger partial charge in [0, 0.05) is 0 Å². The molecule has 0 radical (unpaired) electrons. The standard InChI is InChI=1S/C20H36N6O8/c1-10(2)16(26-18(32)12(22)8-14(27)28)20(34)25-13(6-4-5-7-21)19(33)24-11(3)17(31)23-9-15(29)30/h10-13,16H,4-9,21-22H2,1-3H3,(H,23,31)(H,24,33)(H,25,34)(H,26,32)(H,27,28)(H,29,30). The summed E-state index contributed by atoms with van der Waals surface area (Å²) in [6, 6.07) is -4.61. The lowest BCUT2D eigenvalue weighted by Gasteiger charge is -2.26. The van der Waals surface area contributed by atoms with E-state index in [1.54, 1.807) is 13.8 Å². The Labute approximate surface area is 197 Å². The number of carbonyl (C=O) groups is 6. The van der Waals surface area contributed by atoms with Crippen LogP contribution in [0.1, 0.15) is 46.5 Å². The number of unbranched alkanes of at least 4 members (excludes halogenated alkanes) is 1. The van der Waals surface area contributed by atoms with Crippen molar-refractivity contribution in [2.24, 2.45) is 17.4 Å². The summed E-state index contributed by atoms with van der Waals surface area (Å²) in [6.45, 7) is 4.39. The van der Waals surface area contributed by atoms with Crippen molar-refractivity contribution >= 4 is 35.6 Å². The summed E-state index contributed by atoms with van der Waals surface area (Å²) in [7, 11) is 0. The molecule has 0 aromatic rings. The van der Waals surface area contributed by atoms with Gasteiger partial charge in [0.1, 0.15) is 24.7 Å². The molecule has 0 aromatic heterocycles. The predicted molar refractivity (Wildman–Crippen MR) is 120 cm³/mol. The Kier molecular flexibility index (Phi) is 14.1. The first-order valence-electron chi connectivity index (χ1n) is 10.9. The van der Waals surface area contributed by atoms with Crippen molar-refractivity contribution in [3.63, 3.8) is 0 Å². The molecule has 10 N–H and O–H groups in total. The van der Waals surface area contributed by atoms with E-state index in [1.165, 1.54) is 6.92 Å². The van der Waals surface area contributed by atoms with Gasteiger partial charge in [-0.3, -0.25) is 28.8 Å². The molecule has 34 heavy (non-hydrogen) atoms. The third-order valence-corrected chi connectivity index (χ3v) is 4.72. The van der Waals surface area contributed by atoms with Gasteiger partial charge in [-0.25, -0.2) is 0 Å². The molecular formula is C20H36N6O8. The zero-order valence-corrected chi connectivity index (χ0v) is 19.6. The summed E-state index contributed by atoms with van der Waals surface area (Å²) in [4.78, 5) is 71.1. The number of carboxylic acid groups (broad SMARTS) is 2. The smallest absolute Gasteiger partial charge is 0.322 e. The van der Waals surface area contributed by atoms with Crippen LogP contribution in [-0.2, 0) is 28.8 Å². The molecule has 0 fully saturated rings. The third kappa shape index (κ3) is 12.1. The molecule has 14 heteroatoms. The highest BCUT2D eigenvalue weighted by molar-refractivity contribution is 5.95. The number of rotatable bonds is 16. The van der Waals surface area contributed by atoms with Gasteiger partial charge in [-0.1, -0.05) is 13.8 Å². The van der Waals surface area contributed by atoms with E-state index in [2.05, 4.69) is 21.3 Å². The van der Waals surface area contributed by atoms with Gasteiger partial charge in [0.25, 0.3) is 0 Å². The Hall–Kier alpha value is -3.26. The minimum Gasteiger partial charge on any atom is -0.481 e. The van der Waals surface area contributed by atoms with E-state index in [1.807, 2.05) is 0 Å². The van der Waals surface area contributed by atoms with E-state index in [9.17, 15) is 28.8 Å². The van der Waals surface area contributed by atoms with Crippen LogP contribution in [0, 0.1) is 5.92 Å². The van der Waals surface area contributed by atoms with Gasteiger partial charge in [0.2, 0.25) is 23.6 Å². The molecule has 194 valence electrons. The van der Waals surface area contributed by atoms with Crippen LogP contribution in [0.3, 0.4) is 0 Å². The van der Waals surface area contributed by atoms with Crippen LogP contribution >= 0.6 is 0 Å². The highest BCUT2D eigenvalue weighted by atomic mass is 16.4. The lowest BCUT2D eigenvalue weighted by molar-refractivity contribution is -0.140. The molecule has 0 aliphatic rings. The average molecular weight is 489 g/mol. The van der Waals surface area contributed by atoms with Crippen LogP contribution in [0.5, 0.6) is 0 Å². The Morgan fingerprint density at radius 3 is 1.91 bits per heavy atom. The minimum absolute atomic E-state index is 0.190. The number of carbonyl (C=O) groups excluding carboxylic acids is 4. The van der Waals surface area contributed by atoms with Crippen LogP contribution in [0.2, 0.25) is 0 Å². The first-order valence-corrected chi connectivity index (χ1v) is 10.9. The Morgan fingerprint density at radius 2 is 1.41 bits per heavy atom. The van der Waals surface area contributed by atoms with Crippen LogP contribution < -0.4 is 32.7 Å². The monoisotopic (exact) mass is 488 g/mol. The van der Waals surface area contributed by atoms with E-state index in [0.29, 0.717) is 19.4 Å². The molecule has 0 saturated carbocycles. The molecule has 4 atom stereocenters. The summed E-state index contributed by atoms with van der Waals surface area (Å²) in [5, 5.41) is 27.0. The molecule has 0 spiro atoms. The zero-order valence-electron chi connectivity index (χ0n) is 19.6. The van der Waals surface area contributed by atoms with Gasteiger partial charge in [-0.2, -0.15) is 0 Å². The molecule has 0 saturated heterocycles. The van der Waals surface area contributed by atoms with Gasteiger partial charge in [-0.05, 0) is 38.6 Å². The molecule has 14 nitrogen and oxygen atoms in total. The maximum absolute atomic E-state index is 12.9. The molecule has 0 rings (SSSR count). The summed E-state index contributed by atoms with van der Waals surface area (Å²) < 4.78 is 0. The van der Waals surface area contributed by atoms with Crippen molar-refractivity contribution < 1.29 is 39.0 Å². The molecule has 0 bridgehead atoms. The summed E-state index contributed by atoms with van der Waals surface area (Å²) >= 11 is 0. The quantitative estimate of drug-likeness (QED) is 0.104. The van der Waals surface area contributed by atoms with Crippen LogP contribution in [-0.4, -0.2) is 83.0 Å².